The van der Waals surface area contributed by atoms with Crippen molar-refractivity contribution in [2.75, 3.05) is 18.4 Å². The highest BCUT2D eigenvalue weighted by molar-refractivity contribution is 7.22. The molecule has 2 N–H and O–H groups in total. The summed E-state index contributed by atoms with van der Waals surface area (Å²) in [6.07, 6.45) is 1.36. The molecule has 3 heterocycles. The molecule has 1 unspecified atom stereocenters. The Morgan fingerprint density at radius 3 is 2.85 bits per heavy atom. The first-order valence-electron chi connectivity index (χ1n) is 8.68. The Balaban J connectivity index is 1.53. The monoisotopic (exact) mass is 386 g/mol. The fraction of sp³-hybridized carbons (Fsp3) is 0.389. The number of carbonyl (C=O) groups excluding carboxylic acids is 4. The molecule has 2 aliphatic rings. The molecule has 1 spiro atoms. The van der Waals surface area contributed by atoms with E-state index >= 15 is 0 Å². The normalized spacial score (nSPS) is 22.3. The fourth-order valence-corrected chi connectivity index (χ4v) is 4.62. The van der Waals surface area contributed by atoms with E-state index in [9.17, 15) is 19.2 Å². The summed E-state index contributed by atoms with van der Waals surface area (Å²) in [6, 6.07) is 5.22. The average Bonchev–Trinajstić information content (AvgIpc) is 3.21. The van der Waals surface area contributed by atoms with Crippen LogP contribution in [0.2, 0.25) is 0 Å². The van der Waals surface area contributed by atoms with Crippen LogP contribution in [0.15, 0.2) is 18.2 Å². The van der Waals surface area contributed by atoms with Crippen molar-refractivity contribution in [2.24, 2.45) is 5.41 Å². The van der Waals surface area contributed by atoms with E-state index in [0.717, 1.165) is 4.70 Å². The number of piperidine rings is 1. The highest BCUT2D eigenvalue weighted by atomic mass is 32.1. The van der Waals surface area contributed by atoms with E-state index in [4.69, 9.17) is 0 Å². The number of benzene rings is 1. The number of thiazole rings is 1. The highest BCUT2D eigenvalue weighted by Crippen LogP contribution is 2.38. The summed E-state index contributed by atoms with van der Waals surface area (Å²) in [7, 11) is 0. The first kappa shape index (κ1) is 17.6. The molecular weight excluding hydrogens is 368 g/mol. The average molecular weight is 386 g/mol. The van der Waals surface area contributed by atoms with Gasteiger partial charge in [0.1, 0.15) is 0 Å². The largest absolute Gasteiger partial charge is 0.338 e. The van der Waals surface area contributed by atoms with Gasteiger partial charge in [-0.25, -0.2) is 4.98 Å². The van der Waals surface area contributed by atoms with Gasteiger partial charge in [-0.2, -0.15) is 0 Å². The van der Waals surface area contributed by atoms with Crippen LogP contribution in [0, 0.1) is 5.41 Å². The molecule has 0 bridgehead atoms. The van der Waals surface area contributed by atoms with E-state index in [1.165, 1.54) is 18.3 Å². The summed E-state index contributed by atoms with van der Waals surface area (Å²) in [5.74, 6) is -0.863. The number of likely N-dealkylation sites (tertiary alicyclic amines) is 1. The quantitative estimate of drug-likeness (QED) is 0.761. The Kier molecular flexibility index (Phi) is 4.18. The number of rotatable bonds is 2. The van der Waals surface area contributed by atoms with Gasteiger partial charge in [-0.15, -0.1) is 0 Å². The molecule has 0 radical (unpaired) electrons. The minimum absolute atomic E-state index is 0.145. The second-order valence-corrected chi connectivity index (χ2v) is 8.05. The van der Waals surface area contributed by atoms with E-state index in [0.29, 0.717) is 48.6 Å². The zero-order valence-corrected chi connectivity index (χ0v) is 15.5. The van der Waals surface area contributed by atoms with Crippen molar-refractivity contribution in [3.8, 4) is 0 Å². The van der Waals surface area contributed by atoms with Crippen LogP contribution in [-0.4, -0.2) is 46.6 Å². The van der Waals surface area contributed by atoms with Crippen molar-refractivity contribution in [1.29, 1.82) is 0 Å². The number of anilines is 1. The second-order valence-electron chi connectivity index (χ2n) is 7.02. The third-order valence-corrected chi connectivity index (χ3v) is 6.06. The summed E-state index contributed by atoms with van der Waals surface area (Å²) in [6.45, 7) is 2.22. The zero-order valence-electron chi connectivity index (χ0n) is 14.7. The Morgan fingerprint density at radius 1 is 1.30 bits per heavy atom. The molecule has 140 valence electrons. The summed E-state index contributed by atoms with van der Waals surface area (Å²) in [5.41, 5.74) is 0.574. The molecule has 2 fully saturated rings. The first-order chi connectivity index (χ1) is 12.9. The summed E-state index contributed by atoms with van der Waals surface area (Å²) in [5, 5.41) is 5.53. The molecule has 27 heavy (non-hydrogen) atoms. The number of nitrogens with zero attached hydrogens (tertiary/aromatic N) is 2. The van der Waals surface area contributed by atoms with Gasteiger partial charge in [-0.3, -0.25) is 24.5 Å². The maximum atomic E-state index is 12.9. The minimum atomic E-state index is -0.656. The zero-order chi connectivity index (χ0) is 19.2. The molecule has 1 aromatic carbocycles. The number of hydrogen-bond acceptors (Lipinski definition) is 6. The number of imide groups is 1. The fourth-order valence-electron chi connectivity index (χ4n) is 3.67. The lowest BCUT2D eigenvalue weighted by Crippen LogP contribution is -2.50. The van der Waals surface area contributed by atoms with Gasteiger partial charge >= 0.3 is 0 Å². The number of amides is 4. The molecule has 2 saturated heterocycles. The van der Waals surface area contributed by atoms with Crippen LogP contribution in [0.5, 0.6) is 0 Å². The van der Waals surface area contributed by atoms with Crippen LogP contribution < -0.4 is 10.6 Å². The van der Waals surface area contributed by atoms with Gasteiger partial charge in [0, 0.05) is 32.0 Å². The van der Waals surface area contributed by atoms with Crippen LogP contribution >= 0.6 is 11.3 Å². The molecule has 1 aromatic heterocycles. The second kappa shape index (κ2) is 6.41. The maximum Gasteiger partial charge on any atom is 0.253 e. The molecule has 4 rings (SSSR count). The predicted molar refractivity (Wildman–Crippen MR) is 99.3 cm³/mol. The van der Waals surface area contributed by atoms with E-state index in [2.05, 4.69) is 15.6 Å². The van der Waals surface area contributed by atoms with Crippen molar-refractivity contribution in [3.05, 3.63) is 23.8 Å². The summed E-state index contributed by atoms with van der Waals surface area (Å²) >= 11 is 1.31. The smallest absolute Gasteiger partial charge is 0.253 e. The SMILES string of the molecule is CC(=O)Nc1nc2ccc(C(=O)N3CCC4(CCC(=O)NC4=O)C3)cc2s1. The Bertz CT molecular complexity index is 985. The minimum Gasteiger partial charge on any atom is -0.338 e. The maximum absolute atomic E-state index is 12.9. The number of nitrogens with one attached hydrogen (secondary N) is 2. The molecule has 2 aliphatic heterocycles. The van der Waals surface area contributed by atoms with Crippen LogP contribution in [0.4, 0.5) is 5.13 Å². The predicted octanol–water partition coefficient (Wildman–Crippen LogP) is 1.52. The van der Waals surface area contributed by atoms with Crippen LogP contribution in [0.25, 0.3) is 10.2 Å². The molecule has 1 atom stereocenters. The first-order valence-corrected chi connectivity index (χ1v) is 9.50. The summed E-state index contributed by atoms with van der Waals surface area (Å²) in [4.78, 5) is 53.8. The Labute approximate surface area is 158 Å². The van der Waals surface area contributed by atoms with E-state index in [-0.39, 0.29) is 23.6 Å². The van der Waals surface area contributed by atoms with E-state index in [1.807, 2.05) is 0 Å². The van der Waals surface area contributed by atoms with Crippen molar-refractivity contribution in [1.82, 2.24) is 15.2 Å². The number of hydrogen-bond donors (Lipinski definition) is 2. The molecule has 0 aliphatic carbocycles. The molecular formula is C18H18N4O4S. The van der Waals surface area contributed by atoms with Gasteiger partial charge < -0.3 is 10.2 Å². The van der Waals surface area contributed by atoms with Crippen LogP contribution in [0.1, 0.15) is 36.5 Å². The summed E-state index contributed by atoms with van der Waals surface area (Å²) < 4.78 is 0.805. The van der Waals surface area contributed by atoms with Gasteiger partial charge in [-0.05, 0) is 31.0 Å². The van der Waals surface area contributed by atoms with Gasteiger partial charge in [0.25, 0.3) is 5.91 Å². The lowest BCUT2D eigenvalue weighted by molar-refractivity contribution is -0.141. The molecule has 4 amide bonds. The molecule has 2 aromatic rings. The molecule has 9 heteroatoms. The van der Waals surface area contributed by atoms with Crippen molar-refractivity contribution in [2.45, 2.75) is 26.2 Å². The molecule has 0 saturated carbocycles. The lowest BCUT2D eigenvalue weighted by atomic mass is 9.79. The van der Waals surface area contributed by atoms with Gasteiger partial charge in [0.15, 0.2) is 5.13 Å². The lowest BCUT2D eigenvalue weighted by Gasteiger charge is -2.31. The number of aromatic nitrogens is 1. The van der Waals surface area contributed by atoms with Crippen molar-refractivity contribution < 1.29 is 19.2 Å². The van der Waals surface area contributed by atoms with E-state index in [1.54, 1.807) is 23.1 Å². The topological polar surface area (TPSA) is 108 Å². The van der Waals surface area contributed by atoms with Gasteiger partial charge in [0.2, 0.25) is 17.7 Å². The molecule has 8 nitrogen and oxygen atoms in total. The van der Waals surface area contributed by atoms with Gasteiger partial charge in [0.05, 0.1) is 15.6 Å². The number of carbonyl (C=O) groups is 4. The highest BCUT2D eigenvalue weighted by Gasteiger charge is 2.48. The van der Waals surface area contributed by atoms with Crippen molar-refractivity contribution in [3.63, 3.8) is 0 Å². The number of fused-ring (bicyclic) bond motifs is 1. The third-order valence-electron chi connectivity index (χ3n) is 5.12. The third kappa shape index (κ3) is 3.18. The Morgan fingerprint density at radius 2 is 2.11 bits per heavy atom. The van der Waals surface area contributed by atoms with Gasteiger partial charge in [-0.1, -0.05) is 11.3 Å². The Hall–Kier alpha value is -2.81. The standard InChI is InChI=1S/C18H18N4O4S/c1-10(23)19-17-20-12-3-2-11(8-13(12)27-17)15(25)22-7-6-18(9-22)5-4-14(24)21-16(18)26/h2-3,8H,4-7,9H2,1H3,(H,19,20,23)(H,21,24,26). The van der Waals surface area contributed by atoms with Crippen LogP contribution in [0.3, 0.4) is 0 Å². The van der Waals surface area contributed by atoms with Crippen molar-refractivity contribution >= 4 is 50.3 Å². The van der Waals surface area contributed by atoms with Crippen LogP contribution in [-0.2, 0) is 14.4 Å². The van der Waals surface area contributed by atoms with E-state index < -0.39 is 5.41 Å².